The van der Waals surface area contributed by atoms with Crippen molar-refractivity contribution < 1.29 is 22.7 Å². The van der Waals surface area contributed by atoms with E-state index in [1.165, 1.54) is 24.3 Å². The number of halogens is 3. The maximum Gasteiger partial charge on any atom is 0.573 e. The Bertz CT molecular complexity index is 695. The van der Waals surface area contributed by atoms with Crippen molar-refractivity contribution in [1.29, 1.82) is 0 Å². The first kappa shape index (κ1) is 14.4. The van der Waals surface area contributed by atoms with E-state index in [0.29, 0.717) is 6.42 Å². The van der Waals surface area contributed by atoms with Crippen LogP contribution in [0.3, 0.4) is 0 Å². The van der Waals surface area contributed by atoms with Crippen LogP contribution in [0, 0.1) is 0 Å². The van der Waals surface area contributed by atoms with E-state index in [4.69, 9.17) is 0 Å². The van der Waals surface area contributed by atoms with E-state index < -0.39 is 6.36 Å². The lowest BCUT2D eigenvalue weighted by atomic mass is 9.93. The number of rotatable bonds is 3. The van der Waals surface area contributed by atoms with Gasteiger partial charge < -0.3 is 10.1 Å². The molecule has 0 saturated heterocycles. The first-order chi connectivity index (χ1) is 10.4. The predicted molar refractivity (Wildman–Crippen MR) is 74.6 cm³/mol. The lowest BCUT2D eigenvalue weighted by molar-refractivity contribution is -0.274. The van der Waals surface area contributed by atoms with E-state index in [1.54, 1.807) is 0 Å². The van der Waals surface area contributed by atoms with Crippen molar-refractivity contribution in [3.05, 3.63) is 59.7 Å². The number of carbonyl (C=O) groups is 1. The molecule has 3 rings (SSSR count). The largest absolute Gasteiger partial charge is 0.573 e. The smallest absolute Gasteiger partial charge is 0.406 e. The highest BCUT2D eigenvalue weighted by atomic mass is 19.4. The quantitative estimate of drug-likeness (QED) is 0.935. The Labute approximate surface area is 124 Å². The minimum atomic E-state index is -4.70. The Morgan fingerprint density at radius 3 is 2.41 bits per heavy atom. The Morgan fingerprint density at radius 1 is 1.05 bits per heavy atom. The molecule has 2 aromatic rings. The lowest BCUT2D eigenvalue weighted by Crippen LogP contribution is -2.17. The molecule has 1 N–H and O–H groups in total. The maximum atomic E-state index is 12.1. The summed E-state index contributed by atoms with van der Waals surface area (Å²) in [4.78, 5) is 12.0. The molecule has 0 aromatic heterocycles. The van der Waals surface area contributed by atoms with Gasteiger partial charge in [-0.1, -0.05) is 30.3 Å². The fourth-order valence-electron chi connectivity index (χ4n) is 2.54. The highest BCUT2D eigenvalue weighted by molar-refractivity contribution is 6.03. The summed E-state index contributed by atoms with van der Waals surface area (Å²) in [5, 5.41) is 2.80. The van der Waals surface area contributed by atoms with Gasteiger partial charge in [-0.3, -0.25) is 4.79 Å². The summed E-state index contributed by atoms with van der Waals surface area (Å²) in [6.45, 7) is 0. The van der Waals surface area contributed by atoms with Crippen LogP contribution >= 0.6 is 0 Å². The Hall–Kier alpha value is -2.50. The lowest BCUT2D eigenvalue weighted by Gasteiger charge is -2.11. The van der Waals surface area contributed by atoms with Crippen molar-refractivity contribution in [2.75, 3.05) is 5.32 Å². The van der Waals surface area contributed by atoms with E-state index >= 15 is 0 Å². The summed E-state index contributed by atoms with van der Waals surface area (Å²) in [5.74, 6) is -0.699. The van der Waals surface area contributed by atoms with Gasteiger partial charge in [0.05, 0.1) is 5.92 Å². The number of carbonyl (C=O) groups excluding carboxylic acids is 1. The molecule has 114 valence electrons. The van der Waals surface area contributed by atoms with Gasteiger partial charge in [-0.25, -0.2) is 0 Å². The molecule has 1 amide bonds. The topological polar surface area (TPSA) is 38.3 Å². The van der Waals surface area contributed by atoms with Gasteiger partial charge in [0.1, 0.15) is 5.75 Å². The average molecular weight is 307 g/mol. The molecule has 0 bridgehead atoms. The Morgan fingerprint density at radius 2 is 1.73 bits per heavy atom. The van der Waals surface area contributed by atoms with Crippen molar-refractivity contribution in [3.63, 3.8) is 0 Å². The van der Waals surface area contributed by atoms with E-state index in [0.717, 1.165) is 16.8 Å². The summed E-state index contributed by atoms with van der Waals surface area (Å²) in [7, 11) is 0. The molecule has 0 radical (unpaired) electrons. The third-order valence-corrected chi connectivity index (χ3v) is 3.51. The fraction of sp³-hybridized carbons (Fsp3) is 0.188. The van der Waals surface area contributed by atoms with Gasteiger partial charge in [-0.2, -0.15) is 0 Å². The van der Waals surface area contributed by atoms with Crippen LogP contribution in [-0.2, 0) is 11.2 Å². The number of anilines is 1. The molecule has 0 unspecified atom stereocenters. The SMILES string of the molecule is O=C1Nc2ccccc2[C@@H]1Cc1ccc(OC(F)(F)F)cc1. The van der Waals surface area contributed by atoms with Crippen LogP contribution < -0.4 is 10.1 Å². The molecule has 2 aromatic carbocycles. The van der Waals surface area contributed by atoms with Crippen molar-refractivity contribution in [2.24, 2.45) is 0 Å². The first-order valence-corrected chi connectivity index (χ1v) is 6.67. The van der Waals surface area contributed by atoms with Crippen LogP contribution in [0.25, 0.3) is 0 Å². The molecule has 6 heteroatoms. The Kier molecular flexibility index (Phi) is 3.52. The zero-order chi connectivity index (χ0) is 15.7. The highest BCUT2D eigenvalue weighted by Gasteiger charge is 2.32. The number of benzene rings is 2. The predicted octanol–water partition coefficient (Wildman–Crippen LogP) is 3.86. The van der Waals surface area contributed by atoms with Crippen LogP contribution in [0.1, 0.15) is 17.0 Å². The number of hydrogen-bond donors (Lipinski definition) is 1. The van der Waals surface area contributed by atoms with Crippen LogP contribution in [0.5, 0.6) is 5.75 Å². The standard InChI is InChI=1S/C16H12F3NO2/c17-16(18,19)22-11-7-5-10(6-8-11)9-13-12-3-1-2-4-14(12)20-15(13)21/h1-8,13H,9H2,(H,20,21)/t13-/m0/s1. The second kappa shape index (κ2) is 5.36. The maximum absolute atomic E-state index is 12.1. The van der Waals surface area contributed by atoms with Crippen LogP contribution in [0.4, 0.5) is 18.9 Å². The molecule has 1 heterocycles. The van der Waals surface area contributed by atoms with E-state index in [-0.39, 0.29) is 17.6 Å². The summed E-state index contributed by atoms with van der Waals surface area (Å²) in [6, 6.07) is 13.0. The Balaban J connectivity index is 1.75. The fourth-order valence-corrected chi connectivity index (χ4v) is 2.54. The molecule has 1 aliphatic rings. The zero-order valence-electron chi connectivity index (χ0n) is 11.4. The van der Waals surface area contributed by atoms with Gasteiger partial charge >= 0.3 is 6.36 Å². The number of nitrogens with one attached hydrogen (secondary N) is 1. The minimum absolute atomic E-state index is 0.100. The summed E-state index contributed by atoms with van der Waals surface area (Å²) in [5.41, 5.74) is 2.46. The second-order valence-corrected chi connectivity index (χ2v) is 5.02. The first-order valence-electron chi connectivity index (χ1n) is 6.67. The molecule has 0 spiro atoms. The number of fused-ring (bicyclic) bond motifs is 1. The van der Waals surface area contributed by atoms with E-state index in [1.807, 2.05) is 24.3 Å². The van der Waals surface area contributed by atoms with Gasteiger partial charge in [-0.05, 0) is 35.7 Å². The molecule has 0 aliphatic carbocycles. The van der Waals surface area contributed by atoms with Gasteiger partial charge in [0.25, 0.3) is 0 Å². The number of para-hydroxylation sites is 1. The normalized spacial score (nSPS) is 17.0. The third kappa shape index (κ3) is 3.05. The molecule has 3 nitrogen and oxygen atoms in total. The molecule has 0 fully saturated rings. The number of hydrogen-bond acceptors (Lipinski definition) is 2. The summed E-state index contributed by atoms with van der Waals surface area (Å²) in [6.07, 6.45) is -4.28. The second-order valence-electron chi connectivity index (χ2n) is 5.02. The van der Waals surface area contributed by atoms with E-state index in [9.17, 15) is 18.0 Å². The number of ether oxygens (including phenoxy) is 1. The van der Waals surface area contributed by atoms with Crippen molar-refractivity contribution in [2.45, 2.75) is 18.7 Å². The molecule has 1 atom stereocenters. The monoisotopic (exact) mass is 307 g/mol. The molecule has 22 heavy (non-hydrogen) atoms. The van der Waals surface area contributed by atoms with Gasteiger partial charge in [0, 0.05) is 5.69 Å². The van der Waals surface area contributed by atoms with Crippen molar-refractivity contribution in [3.8, 4) is 5.75 Å². The third-order valence-electron chi connectivity index (χ3n) is 3.51. The summed E-state index contributed by atoms with van der Waals surface area (Å²) >= 11 is 0. The van der Waals surface area contributed by atoms with Crippen LogP contribution in [-0.4, -0.2) is 12.3 Å². The molecular weight excluding hydrogens is 295 g/mol. The molecular formula is C16H12F3NO2. The minimum Gasteiger partial charge on any atom is -0.406 e. The number of amides is 1. The van der Waals surface area contributed by atoms with Gasteiger partial charge in [0.15, 0.2) is 0 Å². The van der Waals surface area contributed by atoms with Crippen molar-refractivity contribution in [1.82, 2.24) is 0 Å². The highest BCUT2D eigenvalue weighted by Crippen LogP contribution is 2.34. The molecule has 1 aliphatic heterocycles. The molecule has 0 saturated carbocycles. The van der Waals surface area contributed by atoms with Gasteiger partial charge in [0.2, 0.25) is 5.91 Å². The van der Waals surface area contributed by atoms with Crippen LogP contribution in [0.2, 0.25) is 0 Å². The summed E-state index contributed by atoms with van der Waals surface area (Å²) < 4.78 is 40.2. The van der Waals surface area contributed by atoms with Gasteiger partial charge in [-0.15, -0.1) is 13.2 Å². The average Bonchev–Trinajstić information content (AvgIpc) is 2.76. The van der Waals surface area contributed by atoms with E-state index in [2.05, 4.69) is 10.1 Å². The zero-order valence-corrected chi connectivity index (χ0v) is 11.4. The number of alkyl halides is 3. The van der Waals surface area contributed by atoms with Crippen molar-refractivity contribution >= 4 is 11.6 Å². The van der Waals surface area contributed by atoms with Crippen LogP contribution in [0.15, 0.2) is 48.5 Å².